The van der Waals surface area contributed by atoms with Crippen LogP contribution in [0, 0.1) is 5.92 Å². The summed E-state index contributed by atoms with van der Waals surface area (Å²) in [6, 6.07) is 5.07. The second-order valence-electron chi connectivity index (χ2n) is 6.79. The number of nitrogens with one attached hydrogen (secondary N) is 3. The van der Waals surface area contributed by atoms with Gasteiger partial charge in [-0.05, 0) is 50.8 Å². The SMILES string of the molecule is CC(C)NC(=O)C1CCCC(NC(=O)NCc2ccc(Cl)cc2Cl)C1. The van der Waals surface area contributed by atoms with Crippen molar-refractivity contribution >= 4 is 35.1 Å². The quantitative estimate of drug-likeness (QED) is 0.719. The van der Waals surface area contributed by atoms with Gasteiger partial charge in [-0.1, -0.05) is 35.7 Å². The Morgan fingerprint density at radius 1 is 1.24 bits per heavy atom. The highest BCUT2D eigenvalue weighted by Gasteiger charge is 2.28. The molecule has 0 spiro atoms. The highest BCUT2D eigenvalue weighted by atomic mass is 35.5. The van der Waals surface area contributed by atoms with Crippen molar-refractivity contribution in [2.75, 3.05) is 0 Å². The first-order chi connectivity index (χ1) is 11.8. The van der Waals surface area contributed by atoms with Gasteiger partial charge in [-0.25, -0.2) is 4.79 Å². The molecule has 7 heteroatoms. The van der Waals surface area contributed by atoms with Crippen molar-refractivity contribution in [1.82, 2.24) is 16.0 Å². The first-order valence-electron chi connectivity index (χ1n) is 8.64. The maximum atomic E-state index is 12.2. The Bertz CT molecular complexity index is 622. The molecule has 2 unspecified atom stereocenters. The van der Waals surface area contributed by atoms with Gasteiger partial charge in [-0.3, -0.25) is 4.79 Å². The lowest BCUT2D eigenvalue weighted by Gasteiger charge is -2.29. The maximum Gasteiger partial charge on any atom is 0.315 e. The van der Waals surface area contributed by atoms with Crippen LogP contribution in [0.25, 0.3) is 0 Å². The number of amides is 3. The minimum Gasteiger partial charge on any atom is -0.354 e. The van der Waals surface area contributed by atoms with Gasteiger partial charge in [0.1, 0.15) is 0 Å². The van der Waals surface area contributed by atoms with Crippen LogP contribution in [0.5, 0.6) is 0 Å². The molecule has 1 aromatic rings. The molecule has 0 radical (unpaired) electrons. The van der Waals surface area contributed by atoms with Crippen LogP contribution in [0.1, 0.15) is 45.1 Å². The number of halogens is 2. The van der Waals surface area contributed by atoms with E-state index in [-0.39, 0.29) is 29.9 Å². The summed E-state index contributed by atoms with van der Waals surface area (Å²) in [7, 11) is 0. The van der Waals surface area contributed by atoms with Crippen LogP contribution in [0.2, 0.25) is 10.0 Å². The molecule has 0 bridgehead atoms. The van der Waals surface area contributed by atoms with Gasteiger partial charge < -0.3 is 16.0 Å². The summed E-state index contributed by atoms with van der Waals surface area (Å²) in [5.41, 5.74) is 0.805. The summed E-state index contributed by atoms with van der Waals surface area (Å²) in [5, 5.41) is 9.80. The molecule has 2 rings (SSSR count). The van der Waals surface area contributed by atoms with E-state index < -0.39 is 0 Å². The van der Waals surface area contributed by atoms with E-state index in [1.54, 1.807) is 18.2 Å². The van der Waals surface area contributed by atoms with Gasteiger partial charge in [-0.2, -0.15) is 0 Å². The summed E-state index contributed by atoms with van der Waals surface area (Å²) in [5.74, 6) is 0.0435. The Kier molecular flexibility index (Phi) is 7.38. The second kappa shape index (κ2) is 9.30. The summed E-state index contributed by atoms with van der Waals surface area (Å²) < 4.78 is 0. The van der Waals surface area contributed by atoms with Gasteiger partial charge in [0.15, 0.2) is 0 Å². The largest absolute Gasteiger partial charge is 0.354 e. The third-order valence-corrected chi connectivity index (χ3v) is 4.85. The van der Waals surface area contributed by atoms with Gasteiger partial charge in [-0.15, -0.1) is 0 Å². The van der Waals surface area contributed by atoms with Crippen LogP contribution in [-0.4, -0.2) is 24.0 Å². The molecule has 5 nitrogen and oxygen atoms in total. The maximum absolute atomic E-state index is 12.2. The Hall–Kier alpha value is -1.46. The van der Waals surface area contributed by atoms with E-state index in [9.17, 15) is 9.59 Å². The van der Waals surface area contributed by atoms with Gasteiger partial charge in [0, 0.05) is 34.6 Å². The number of hydrogen-bond donors (Lipinski definition) is 3. The topological polar surface area (TPSA) is 70.2 Å². The summed E-state index contributed by atoms with van der Waals surface area (Å²) in [6.45, 7) is 4.23. The zero-order chi connectivity index (χ0) is 18.4. The molecule has 2 atom stereocenters. The molecular weight excluding hydrogens is 361 g/mol. The zero-order valence-corrected chi connectivity index (χ0v) is 16.1. The van der Waals surface area contributed by atoms with Crippen molar-refractivity contribution in [1.29, 1.82) is 0 Å². The summed E-state index contributed by atoms with van der Waals surface area (Å²) in [6.07, 6.45) is 3.37. The number of urea groups is 1. The molecular formula is C18H25Cl2N3O2. The molecule has 1 saturated carbocycles. The number of carbonyl (C=O) groups is 2. The van der Waals surface area contributed by atoms with Gasteiger partial charge in [0.2, 0.25) is 5.91 Å². The number of rotatable bonds is 5. The summed E-state index contributed by atoms with van der Waals surface area (Å²) in [4.78, 5) is 24.3. The van der Waals surface area contributed by atoms with E-state index in [2.05, 4.69) is 16.0 Å². The average Bonchev–Trinajstić information content (AvgIpc) is 2.53. The fourth-order valence-electron chi connectivity index (χ4n) is 3.04. The van der Waals surface area contributed by atoms with E-state index in [0.717, 1.165) is 24.8 Å². The third kappa shape index (κ3) is 6.40. The molecule has 0 aromatic heterocycles. The van der Waals surface area contributed by atoms with Crippen molar-refractivity contribution in [3.63, 3.8) is 0 Å². The predicted molar refractivity (Wildman–Crippen MR) is 101 cm³/mol. The van der Waals surface area contributed by atoms with Crippen LogP contribution < -0.4 is 16.0 Å². The molecule has 1 aliphatic carbocycles. The highest BCUT2D eigenvalue weighted by Crippen LogP contribution is 2.25. The van der Waals surface area contributed by atoms with E-state index >= 15 is 0 Å². The van der Waals surface area contributed by atoms with Gasteiger partial charge in [0.05, 0.1) is 0 Å². The van der Waals surface area contributed by atoms with E-state index in [4.69, 9.17) is 23.2 Å². The fraction of sp³-hybridized carbons (Fsp3) is 0.556. The molecule has 1 aliphatic rings. The first kappa shape index (κ1) is 19.9. The minimum absolute atomic E-state index is 0.0114. The average molecular weight is 386 g/mol. The van der Waals surface area contributed by atoms with Crippen molar-refractivity contribution in [2.24, 2.45) is 5.92 Å². The van der Waals surface area contributed by atoms with Crippen LogP contribution in [-0.2, 0) is 11.3 Å². The highest BCUT2D eigenvalue weighted by molar-refractivity contribution is 6.35. The fourth-order valence-corrected chi connectivity index (χ4v) is 3.51. The smallest absolute Gasteiger partial charge is 0.315 e. The first-order valence-corrected chi connectivity index (χ1v) is 9.39. The zero-order valence-electron chi connectivity index (χ0n) is 14.6. The van der Waals surface area contributed by atoms with Crippen molar-refractivity contribution in [3.8, 4) is 0 Å². The van der Waals surface area contributed by atoms with E-state index in [1.165, 1.54) is 0 Å². The predicted octanol–water partition coefficient (Wildman–Crippen LogP) is 3.88. The lowest BCUT2D eigenvalue weighted by molar-refractivity contribution is -0.126. The van der Waals surface area contributed by atoms with Crippen LogP contribution in [0.3, 0.4) is 0 Å². The molecule has 1 aromatic carbocycles. The standard InChI is InChI=1S/C18H25Cl2N3O2/c1-11(2)22-17(24)12-4-3-5-15(8-12)23-18(25)21-10-13-6-7-14(19)9-16(13)20/h6-7,9,11-12,15H,3-5,8,10H2,1-2H3,(H,22,24)(H2,21,23,25). The Morgan fingerprint density at radius 3 is 2.68 bits per heavy atom. The summed E-state index contributed by atoms with van der Waals surface area (Å²) >= 11 is 12.0. The Balaban J connectivity index is 1.80. The molecule has 3 N–H and O–H groups in total. The number of carbonyl (C=O) groups excluding carboxylic acids is 2. The van der Waals surface area contributed by atoms with Crippen LogP contribution in [0.15, 0.2) is 18.2 Å². The number of hydrogen-bond acceptors (Lipinski definition) is 2. The van der Waals surface area contributed by atoms with Crippen molar-refractivity contribution < 1.29 is 9.59 Å². The third-order valence-electron chi connectivity index (χ3n) is 4.27. The monoisotopic (exact) mass is 385 g/mol. The van der Waals surface area contributed by atoms with Crippen molar-refractivity contribution in [2.45, 2.75) is 58.2 Å². The Labute approximate surface area is 158 Å². The lowest BCUT2D eigenvalue weighted by Crippen LogP contribution is -2.46. The molecule has 0 saturated heterocycles. The molecule has 3 amide bonds. The van der Waals surface area contributed by atoms with E-state index in [1.807, 2.05) is 13.8 Å². The molecule has 1 fully saturated rings. The Morgan fingerprint density at radius 2 is 2.00 bits per heavy atom. The van der Waals surface area contributed by atoms with Gasteiger partial charge >= 0.3 is 6.03 Å². The normalized spacial score (nSPS) is 20.2. The number of benzene rings is 1. The van der Waals surface area contributed by atoms with E-state index in [0.29, 0.717) is 23.0 Å². The lowest BCUT2D eigenvalue weighted by atomic mass is 9.85. The molecule has 0 aliphatic heterocycles. The van der Waals surface area contributed by atoms with Crippen molar-refractivity contribution in [3.05, 3.63) is 33.8 Å². The molecule has 138 valence electrons. The minimum atomic E-state index is -0.249. The second-order valence-corrected chi connectivity index (χ2v) is 7.63. The van der Waals surface area contributed by atoms with Gasteiger partial charge in [0.25, 0.3) is 0 Å². The van der Waals surface area contributed by atoms with Crippen LogP contribution >= 0.6 is 23.2 Å². The molecule has 0 heterocycles. The molecule has 25 heavy (non-hydrogen) atoms. The van der Waals surface area contributed by atoms with Crippen LogP contribution in [0.4, 0.5) is 4.79 Å².